The highest BCUT2D eigenvalue weighted by Crippen LogP contribution is 2.25. The number of carbonyl (C=O) groups is 1. The van der Waals surface area contributed by atoms with Crippen LogP contribution in [0.4, 0.5) is 0 Å². The van der Waals surface area contributed by atoms with Crippen molar-refractivity contribution >= 4 is 12.0 Å². The summed E-state index contributed by atoms with van der Waals surface area (Å²) < 4.78 is 7.23. The van der Waals surface area contributed by atoms with E-state index in [1.807, 2.05) is 29.8 Å². The Morgan fingerprint density at radius 2 is 2.20 bits per heavy atom. The Bertz CT molecular complexity index is 672. The summed E-state index contributed by atoms with van der Waals surface area (Å²) in [6.07, 6.45) is 5.22. The number of aliphatic carboxylic acids is 1. The molecule has 1 aromatic heterocycles. The van der Waals surface area contributed by atoms with E-state index in [1.54, 1.807) is 32.5 Å². The van der Waals surface area contributed by atoms with Crippen LogP contribution in [0.1, 0.15) is 18.2 Å². The first-order valence-electron chi connectivity index (χ1n) is 6.12. The molecule has 0 aliphatic rings. The van der Waals surface area contributed by atoms with Gasteiger partial charge >= 0.3 is 5.97 Å². The lowest BCUT2D eigenvalue weighted by atomic mass is 10.1. The zero-order chi connectivity index (χ0) is 14.7. The quantitative estimate of drug-likeness (QED) is 0.869. The molecule has 0 bridgehead atoms. The van der Waals surface area contributed by atoms with E-state index in [-0.39, 0.29) is 5.57 Å². The SMILES string of the molecule is COc1cc(C=C(C)C(=O)O)ccc1-n1cnc(C)c1. The maximum absolute atomic E-state index is 10.8. The molecule has 1 N–H and O–H groups in total. The molecule has 5 nitrogen and oxygen atoms in total. The van der Waals surface area contributed by atoms with E-state index in [4.69, 9.17) is 9.84 Å². The zero-order valence-corrected chi connectivity index (χ0v) is 11.6. The Balaban J connectivity index is 2.43. The predicted molar refractivity (Wildman–Crippen MR) is 76.1 cm³/mol. The second-order valence-corrected chi connectivity index (χ2v) is 4.49. The van der Waals surface area contributed by atoms with E-state index >= 15 is 0 Å². The average molecular weight is 272 g/mol. The number of methoxy groups -OCH3 is 1. The van der Waals surface area contributed by atoms with Crippen LogP contribution in [0.2, 0.25) is 0 Å². The fourth-order valence-electron chi connectivity index (χ4n) is 1.86. The van der Waals surface area contributed by atoms with E-state index in [9.17, 15) is 4.79 Å². The number of carboxylic acid groups (broad SMARTS) is 1. The van der Waals surface area contributed by atoms with E-state index in [0.29, 0.717) is 5.75 Å². The van der Waals surface area contributed by atoms with Crippen LogP contribution in [0.25, 0.3) is 11.8 Å². The minimum atomic E-state index is -0.932. The Morgan fingerprint density at radius 1 is 1.45 bits per heavy atom. The van der Waals surface area contributed by atoms with Gasteiger partial charge in [0.05, 0.1) is 24.8 Å². The van der Waals surface area contributed by atoms with Crippen molar-refractivity contribution in [3.63, 3.8) is 0 Å². The second kappa shape index (κ2) is 5.61. The number of nitrogens with zero attached hydrogens (tertiary/aromatic N) is 2. The fourth-order valence-corrected chi connectivity index (χ4v) is 1.86. The molecule has 1 aromatic carbocycles. The van der Waals surface area contributed by atoms with Gasteiger partial charge in [0.15, 0.2) is 0 Å². The van der Waals surface area contributed by atoms with Crippen molar-refractivity contribution in [2.24, 2.45) is 0 Å². The van der Waals surface area contributed by atoms with Crippen LogP contribution in [-0.2, 0) is 4.79 Å². The molecule has 5 heteroatoms. The van der Waals surface area contributed by atoms with Gasteiger partial charge < -0.3 is 14.4 Å². The van der Waals surface area contributed by atoms with Gasteiger partial charge in [0.2, 0.25) is 0 Å². The molecular weight excluding hydrogens is 256 g/mol. The Labute approximate surface area is 117 Å². The van der Waals surface area contributed by atoms with E-state index in [1.165, 1.54) is 0 Å². The molecule has 0 saturated carbocycles. The molecule has 0 radical (unpaired) electrons. The molecule has 0 saturated heterocycles. The molecule has 20 heavy (non-hydrogen) atoms. The second-order valence-electron chi connectivity index (χ2n) is 4.49. The number of carboxylic acids is 1. The minimum Gasteiger partial charge on any atom is -0.495 e. The Kier molecular flexibility index (Phi) is 3.89. The van der Waals surface area contributed by atoms with Gasteiger partial charge in [0.1, 0.15) is 5.75 Å². The smallest absolute Gasteiger partial charge is 0.331 e. The monoisotopic (exact) mass is 272 g/mol. The highest BCUT2D eigenvalue weighted by atomic mass is 16.5. The van der Waals surface area contributed by atoms with Gasteiger partial charge in [-0.15, -0.1) is 0 Å². The topological polar surface area (TPSA) is 64.3 Å². The Morgan fingerprint density at radius 3 is 2.75 bits per heavy atom. The van der Waals surface area contributed by atoms with E-state index < -0.39 is 5.97 Å². The normalized spacial score (nSPS) is 11.4. The van der Waals surface area contributed by atoms with Crippen LogP contribution in [0.3, 0.4) is 0 Å². The van der Waals surface area contributed by atoms with Crippen LogP contribution in [-0.4, -0.2) is 27.7 Å². The number of hydrogen-bond acceptors (Lipinski definition) is 3. The van der Waals surface area contributed by atoms with Crippen molar-refractivity contribution in [3.05, 3.63) is 47.6 Å². The molecule has 2 aromatic rings. The van der Waals surface area contributed by atoms with Gasteiger partial charge in [0.25, 0.3) is 0 Å². The summed E-state index contributed by atoms with van der Waals surface area (Å²) in [6, 6.07) is 5.53. The third kappa shape index (κ3) is 2.88. The van der Waals surface area contributed by atoms with Crippen molar-refractivity contribution < 1.29 is 14.6 Å². The lowest BCUT2D eigenvalue weighted by Gasteiger charge is -2.10. The molecule has 0 aliphatic carbocycles. The average Bonchev–Trinajstić information content (AvgIpc) is 2.84. The largest absolute Gasteiger partial charge is 0.495 e. The molecular formula is C15H16N2O3. The molecule has 0 amide bonds. The van der Waals surface area contributed by atoms with E-state index in [0.717, 1.165) is 16.9 Å². The highest BCUT2D eigenvalue weighted by Gasteiger charge is 2.07. The highest BCUT2D eigenvalue weighted by molar-refractivity contribution is 5.91. The van der Waals surface area contributed by atoms with Crippen LogP contribution in [0.15, 0.2) is 36.3 Å². The maximum Gasteiger partial charge on any atom is 0.331 e. The first-order chi connectivity index (χ1) is 9.51. The van der Waals surface area contributed by atoms with Crippen molar-refractivity contribution in [2.45, 2.75) is 13.8 Å². The number of aromatic nitrogens is 2. The van der Waals surface area contributed by atoms with Crippen molar-refractivity contribution in [1.82, 2.24) is 9.55 Å². The molecule has 104 valence electrons. The fraction of sp³-hybridized carbons (Fsp3) is 0.200. The summed E-state index contributed by atoms with van der Waals surface area (Å²) in [5.41, 5.74) is 2.83. The number of ether oxygens (including phenoxy) is 1. The van der Waals surface area contributed by atoms with Crippen LogP contribution >= 0.6 is 0 Å². The van der Waals surface area contributed by atoms with Crippen LogP contribution in [0, 0.1) is 6.92 Å². The van der Waals surface area contributed by atoms with Crippen molar-refractivity contribution in [1.29, 1.82) is 0 Å². The number of rotatable bonds is 4. The summed E-state index contributed by atoms with van der Waals surface area (Å²) in [5, 5.41) is 8.89. The summed E-state index contributed by atoms with van der Waals surface area (Å²) in [4.78, 5) is 15.0. The summed E-state index contributed by atoms with van der Waals surface area (Å²) in [5.74, 6) is -0.271. The lowest BCUT2D eigenvalue weighted by molar-refractivity contribution is -0.132. The third-order valence-corrected chi connectivity index (χ3v) is 2.91. The van der Waals surface area contributed by atoms with Crippen molar-refractivity contribution in [3.8, 4) is 11.4 Å². The van der Waals surface area contributed by atoms with Gasteiger partial charge in [-0.3, -0.25) is 0 Å². The maximum atomic E-state index is 10.8. The number of benzene rings is 1. The van der Waals surface area contributed by atoms with Crippen LogP contribution in [0.5, 0.6) is 5.75 Å². The molecule has 0 fully saturated rings. The molecule has 0 spiro atoms. The predicted octanol–water partition coefficient (Wildman–Crippen LogP) is 2.68. The Hall–Kier alpha value is -2.56. The zero-order valence-electron chi connectivity index (χ0n) is 11.6. The summed E-state index contributed by atoms with van der Waals surface area (Å²) >= 11 is 0. The standard InChI is InChI=1S/C15H16N2O3/c1-10(15(18)19)6-12-4-5-13(14(7-12)20-3)17-8-11(2)16-9-17/h4-9H,1-3H3,(H,18,19). The van der Waals surface area contributed by atoms with Crippen LogP contribution < -0.4 is 4.74 Å². The minimum absolute atomic E-state index is 0.276. The van der Waals surface area contributed by atoms with Crippen molar-refractivity contribution in [2.75, 3.05) is 7.11 Å². The molecule has 2 rings (SSSR count). The van der Waals surface area contributed by atoms with Gasteiger partial charge in [-0.2, -0.15) is 0 Å². The van der Waals surface area contributed by atoms with Gasteiger partial charge in [-0.25, -0.2) is 9.78 Å². The molecule has 0 aliphatic heterocycles. The molecule has 0 atom stereocenters. The lowest BCUT2D eigenvalue weighted by Crippen LogP contribution is -1.98. The number of aryl methyl sites for hydroxylation is 1. The van der Waals surface area contributed by atoms with E-state index in [2.05, 4.69) is 4.98 Å². The number of hydrogen-bond donors (Lipinski definition) is 1. The van der Waals surface area contributed by atoms with Gasteiger partial charge in [0, 0.05) is 11.8 Å². The first kappa shape index (κ1) is 13.9. The van der Waals surface area contributed by atoms with Gasteiger partial charge in [-0.1, -0.05) is 6.07 Å². The molecule has 0 unspecified atom stereocenters. The summed E-state index contributed by atoms with van der Waals surface area (Å²) in [6.45, 7) is 3.47. The molecule has 1 heterocycles. The third-order valence-electron chi connectivity index (χ3n) is 2.91. The first-order valence-corrected chi connectivity index (χ1v) is 6.12. The number of imidazole rings is 1. The summed E-state index contributed by atoms with van der Waals surface area (Å²) in [7, 11) is 1.58. The van der Waals surface area contributed by atoms with Gasteiger partial charge in [-0.05, 0) is 37.6 Å².